The molecule has 0 amide bonds. The van der Waals surface area contributed by atoms with Crippen LogP contribution in [0.15, 0.2) is 30.3 Å². The van der Waals surface area contributed by atoms with E-state index in [1.54, 1.807) is 6.92 Å². The number of hydrogen-bond donors (Lipinski definition) is 2. The van der Waals surface area contributed by atoms with E-state index < -0.39 is 10.1 Å². The van der Waals surface area contributed by atoms with Crippen molar-refractivity contribution >= 4 is 10.1 Å². The van der Waals surface area contributed by atoms with Crippen LogP contribution in [-0.2, 0) is 10.1 Å². The molecule has 0 saturated heterocycles. The van der Waals surface area contributed by atoms with Gasteiger partial charge in [-0.05, 0) is 12.5 Å². The Morgan fingerprint density at radius 3 is 1.79 bits per heavy atom. The monoisotopic (exact) mass is 218 g/mol. The molecule has 2 N–H and O–H groups in total. The lowest BCUT2D eigenvalue weighted by Gasteiger charge is -2.00. The van der Waals surface area contributed by atoms with E-state index in [-0.39, 0.29) is 6.10 Å². The number of aliphatic hydroxyl groups excluding tert-OH is 1. The molecule has 1 aromatic carbocycles. The molecule has 0 aliphatic carbocycles. The second-order valence-electron chi connectivity index (χ2n) is 2.82. The summed E-state index contributed by atoms with van der Waals surface area (Å²) in [5.74, 6) is 0. The molecule has 0 bridgehead atoms. The topological polar surface area (TPSA) is 74.6 Å². The zero-order valence-corrected chi connectivity index (χ0v) is 8.90. The Balaban J connectivity index is 0.000000292. The summed E-state index contributed by atoms with van der Waals surface area (Å²) in [6.07, 6.45) is 0.374. The summed E-state index contributed by atoms with van der Waals surface area (Å²) in [6.45, 7) is 1.76. The fraction of sp³-hybridized carbons (Fsp3) is 0.333. The summed E-state index contributed by atoms with van der Waals surface area (Å²) in [5, 5.41) is 9.02. The van der Waals surface area contributed by atoms with Crippen LogP contribution in [0.5, 0.6) is 0 Å². The average molecular weight is 218 g/mol. The second-order valence-corrected chi connectivity index (χ2v) is 4.29. The molecule has 0 aliphatic rings. The number of hydrogen-bond acceptors (Lipinski definition) is 3. The van der Waals surface area contributed by atoms with Gasteiger partial charge in [-0.3, -0.25) is 4.55 Å². The normalized spacial score (nSPS) is 12.6. The van der Waals surface area contributed by atoms with Crippen molar-refractivity contribution in [2.24, 2.45) is 0 Å². The predicted octanol–water partition coefficient (Wildman–Crippen LogP) is 1.24. The van der Waals surface area contributed by atoms with Gasteiger partial charge in [-0.2, -0.15) is 8.42 Å². The fourth-order valence-electron chi connectivity index (χ4n) is 0.732. The summed E-state index contributed by atoms with van der Waals surface area (Å²) in [6, 6.07) is 9.59. The maximum absolute atomic E-state index is 9.19. The van der Waals surface area contributed by atoms with Crippen molar-refractivity contribution in [2.45, 2.75) is 13.0 Å². The van der Waals surface area contributed by atoms with Crippen molar-refractivity contribution in [1.29, 1.82) is 0 Å². The van der Waals surface area contributed by atoms with E-state index in [4.69, 9.17) is 9.66 Å². The number of aliphatic hydroxyl groups is 1. The first-order valence-electron chi connectivity index (χ1n) is 3.96. The van der Waals surface area contributed by atoms with Gasteiger partial charge < -0.3 is 5.11 Å². The van der Waals surface area contributed by atoms with Gasteiger partial charge in [0.25, 0.3) is 10.1 Å². The quantitative estimate of drug-likeness (QED) is 0.695. The molecule has 14 heavy (non-hydrogen) atoms. The fourth-order valence-corrected chi connectivity index (χ4v) is 0.732. The summed E-state index contributed by atoms with van der Waals surface area (Å²) >= 11 is 0. The van der Waals surface area contributed by atoms with E-state index in [1.165, 1.54) is 0 Å². The van der Waals surface area contributed by atoms with Crippen molar-refractivity contribution in [2.75, 3.05) is 6.26 Å². The van der Waals surface area contributed by atoms with Crippen molar-refractivity contribution in [3.8, 4) is 0 Å². The molecule has 4 nitrogen and oxygen atoms in total. The molecule has 1 aromatic rings. The lowest BCUT2D eigenvalue weighted by Crippen LogP contribution is -1.88. The van der Waals surface area contributed by atoms with Gasteiger partial charge in [0, 0.05) is 0 Å². The van der Waals surface area contributed by atoms with Gasteiger partial charge in [-0.25, -0.2) is 0 Å². The summed E-state index contributed by atoms with van der Waals surface area (Å²) in [5.41, 5.74) is 0.970. The lowest BCUT2D eigenvalue weighted by atomic mass is 10.1. The Labute approximate surface area is 84.0 Å². The van der Waals surface area contributed by atoms with Crippen LogP contribution in [-0.4, -0.2) is 24.3 Å². The van der Waals surface area contributed by atoms with Crippen molar-refractivity contribution in [3.63, 3.8) is 0 Å². The van der Waals surface area contributed by atoms with E-state index in [0.717, 1.165) is 5.56 Å². The number of benzene rings is 1. The minimum Gasteiger partial charge on any atom is -0.389 e. The highest BCUT2D eigenvalue weighted by Gasteiger charge is 1.95. The van der Waals surface area contributed by atoms with Crippen molar-refractivity contribution < 1.29 is 18.1 Å². The summed E-state index contributed by atoms with van der Waals surface area (Å²) < 4.78 is 25.9. The lowest BCUT2D eigenvalue weighted by molar-refractivity contribution is 0.199. The standard InChI is InChI=1S/C8H10O.CH4O3S/c1-7(9)8-5-3-2-4-6-8;1-5(2,3)4/h2-7,9H,1H3;1H3,(H,2,3,4). The molecular formula is C9H14O4S. The van der Waals surface area contributed by atoms with Gasteiger partial charge in [0.05, 0.1) is 12.4 Å². The Hall–Kier alpha value is -0.910. The van der Waals surface area contributed by atoms with Crippen molar-refractivity contribution in [1.82, 2.24) is 0 Å². The zero-order valence-electron chi connectivity index (χ0n) is 8.08. The highest BCUT2D eigenvalue weighted by atomic mass is 32.2. The molecule has 5 heteroatoms. The van der Waals surface area contributed by atoms with E-state index in [2.05, 4.69) is 0 Å². The minimum absolute atomic E-state index is 0.341. The van der Waals surface area contributed by atoms with Crippen LogP contribution in [0.4, 0.5) is 0 Å². The molecule has 0 saturated carbocycles. The van der Waals surface area contributed by atoms with E-state index in [1.807, 2.05) is 30.3 Å². The molecule has 0 heterocycles. The van der Waals surface area contributed by atoms with Gasteiger partial charge in [0.2, 0.25) is 0 Å². The van der Waals surface area contributed by atoms with Gasteiger partial charge >= 0.3 is 0 Å². The second kappa shape index (κ2) is 5.74. The molecule has 80 valence electrons. The van der Waals surface area contributed by atoms with Crippen LogP contribution < -0.4 is 0 Å². The highest BCUT2D eigenvalue weighted by Crippen LogP contribution is 2.08. The predicted molar refractivity (Wildman–Crippen MR) is 54.5 cm³/mol. The first-order chi connectivity index (χ1) is 6.30. The first kappa shape index (κ1) is 13.1. The summed E-state index contributed by atoms with van der Waals surface area (Å²) in [7, 11) is -3.67. The zero-order chi connectivity index (χ0) is 11.2. The Bertz CT molecular complexity index is 334. The van der Waals surface area contributed by atoms with E-state index >= 15 is 0 Å². The Morgan fingerprint density at radius 1 is 1.21 bits per heavy atom. The summed E-state index contributed by atoms with van der Waals surface area (Å²) in [4.78, 5) is 0. The Kier molecular flexibility index (Phi) is 5.37. The van der Waals surface area contributed by atoms with E-state index in [0.29, 0.717) is 6.26 Å². The van der Waals surface area contributed by atoms with Crippen LogP contribution in [0, 0.1) is 0 Å². The molecule has 1 atom stereocenters. The molecule has 0 fully saturated rings. The Morgan fingerprint density at radius 2 is 1.57 bits per heavy atom. The SMILES string of the molecule is CC(O)c1ccccc1.CS(=O)(=O)O. The third kappa shape index (κ3) is 9.18. The largest absolute Gasteiger partial charge is 0.389 e. The molecular weight excluding hydrogens is 204 g/mol. The molecule has 0 radical (unpaired) electrons. The first-order valence-corrected chi connectivity index (χ1v) is 5.81. The molecule has 0 aromatic heterocycles. The average Bonchev–Trinajstić information content (AvgIpc) is 2.03. The van der Waals surface area contributed by atoms with Crippen LogP contribution in [0.1, 0.15) is 18.6 Å². The highest BCUT2D eigenvalue weighted by molar-refractivity contribution is 7.85. The molecule has 0 aliphatic heterocycles. The molecule has 0 spiro atoms. The van der Waals surface area contributed by atoms with Crippen LogP contribution >= 0.6 is 0 Å². The van der Waals surface area contributed by atoms with E-state index in [9.17, 15) is 8.42 Å². The van der Waals surface area contributed by atoms with Crippen LogP contribution in [0.25, 0.3) is 0 Å². The van der Waals surface area contributed by atoms with Gasteiger partial charge in [-0.1, -0.05) is 30.3 Å². The third-order valence-electron chi connectivity index (χ3n) is 1.28. The van der Waals surface area contributed by atoms with Crippen LogP contribution in [0.3, 0.4) is 0 Å². The van der Waals surface area contributed by atoms with Gasteiger partial charge in [0.15, 0.2) is 0 Å². The molecule has 1 rings (SSSR count). The van der Waals surface area contributed by atoms with Gasteiger partial charge in [0.1, 0.15) is 0 Å². The third-order valence-corrected chi connectivity index (χ3v) is 1.28. The van der Waals surface area contributed by atoms with Crippen LogP contribution in [0.2, 0.25) is 0 Å². The van der Waals surface area contributed by atoms with Crippen molar-refractivity contribution in [3.05, 3.63) is 35.9 Å². The maximum Gasteiger partial charge on any atom is 0.261 e. The number of rotatable bonds is 1. The molecule has 1 unspecified atom stereocenters. The smallest absolute Gasteiger partial charge is 0.261 e. The maximum atomic E-state index is 9.19. The minimum atomic E-state index is -3.67. The van der Waals surface area contributed by atoms with Gasteiger partial charge in [-0.15, -0.1) is 0 Å².